The molecule has 0 radical (unpaired) electrons. The van der Waals surface area contributed by atoms with E-state index in [4.69, 9.17) is 16.7 Å². The average molecular weight is 307 g/mol. The number of rotatable bonds is 4. The minimum Gasteiger partial charge on any atom is -0.478 e. The van der Waals surface area contributed by atoms with Crippen molar-refractivity contribution in [2.45, 2.75) is 0 Å². The number of halogens is 1. The molecule has 108 valence electrons. The normalized spacial score (nSPS) is 10.2. The summed E-state index contributed by atoms with van der Waals surface area (Å²) in [7, 11) is 1.74. The highest BCUT2D eigenvalue weighted by atomic mass is 35.5. The van der Waals surface area contributed by atoms with Crippen molar-refractivity contribution in [2.75, 3.05) is 11.9 Å². The Morgan fingerprint density at radius 3 is 2.33 bits per heavy atom. The Labute approximate surface area is 125 Å². The first-order chi connectivity index (χ1) is 9.90. The lowest BCUT2D eigenvalue weighted by Crippen LogP contribution is -2.10. The number of nitro benzene ring substituents is 1. The van der Waals surface area contributed by atoms with Gasteiger partial charge in [0.1, 0.15) is 0 Å². The van der Waals surface area contributed by atoms with Gasteiger partial charge in [0, 0.05) is 24.9 Å². The fourth-order valence-corrected chi connectivity index (χ4v) is 2.15. The van der Waals surface area contributed by atoms with Crippen molar-refractivity contribution in [2.24, 2.45) is 0 Å². The molecule has 0 saturated carbocycles. The van der Waals surface area contributed by atoms with Crippen LogP contribution < -0.4 is 4.90 Å². The van der Waals surface area contributed by atoms with Crippen LogP contribution in [0.4, 0.5) is 17.1 Å². The van der Waals surface area contributed by atoms with Crippen molar-refractivity contribution >= 4 is 34.6 Å². The molecule has 1 N–H and O–H groups in total. The molecule has 2 aromatic carbocycles. The first-order valence-electron chi connectivity index (χ1n) is 5.91. The van der Waals surface area contributed by atoms with Crippen LogP contribution in [0, 0.1) is 10.1 Å². The Morgan fingerprint density at radius 2 is 1.86 bits per heavy atom. The molecule has 2 rings (SSSR count). The molecule has 0 aliphatic heterocycles. The Hall–Kier alpha value is -2.60. The number of aromatic carboxylic acids is 1. The highest BCUT2D eigenvalue weighted by Gasteiger charge is 2.13. The van der Waals surface area contributed by atoms with E-state index >= 15 is 0 Å². The third kappa shape index (κ3) is 3.11. The molecule has 0 atom stereocenters. The number of anilines is 2. The van der Waals surface area contributed by atoms with Gasteiger partial charge in [0.15, 0.2) is 0 Å². The molecule has 0 fully saturated rings. The molecule has 21 heavy (non-hydrogen) atoms. The molecule has 7 heteroatoms. The Bertz CT molecular complexity index is 701. The van der Waals surface area contributed by atoms with E-state index in [0.29, 0.717) is 5.69 Å². The van der Waals surface area contributed by atoms with E-state index in [9.17, 15) is 14.9 Å². The first kappa shape index (κ1) is 14.8. The van der Waals surface area contributed by atoms with Crippen molar-refractivity contribution in [1.29, 1.82) is 0 Å². The van der Waals surface area contributed by atoms with E-state index < -0.39 is 10.9 Å². The molecule has 0 bridgehead atoms. The standard InChI is InChI=1S/C14H11ClN2O4/c1-16(10-4-2-9(3-5-10)14(18)19)13-7-6-11(17(20)21)8-12(13)15/h2-8H,1H3,(H,18,19). The molecule has 0 aliphatic carbocycles. The number of non-ortho nitro benzene ring substituents is 1. The van der Waals surface area contributed by atoms with Crippen molar-refractivity contribution in [3.8, 4) is 0 Å². The van der Waals surface area contributed by atoms with Gasteiger partial charge in [-0.1, -0.05) is 11.6 Å². The van der Waals surface area contributed by atoms with Crippen LogP contribution in [0.1, 0.15) is 10.4 Å². The third-order valence-corrected chi connectivity index (χ3v) is 3.31. The van der Waals surface area contributed by atoms with Gasteiger partial charge < -0.3 is 10.0 Å². The minimum atomic E-state index is -1.00. The fraction of sp³-hybridized carbons (Fsp3) is 0.0714. The molecule has 0 unspecified atom stereocenters. The van der Waals surface area contributed by atoms with Crippen LogP contribution in [0.2, 0.25) is 5.02 Å². The highest BCUT2D eigenvalue weighted by molar-refractivity contribution is 6.33. The summed E-state index contributed by atoms with van der Waals surface area (Å²) in [6.45, 7) is 0. The van der Waals surface area contributed by atoms with Crippen LogP contribution >= 0.6 is 11.6 Å². The molecule has 0 aliphatic rings. The lowest BCUT2D eigenvalue weighted by molar-refractivity contribution is -0.384. The minimum absolute atomic E-state index is 0.0848. The average Bonchev–Trinajstić information content (AvgIpc) is 2.46. The second-order valence-corrected chi connectivity index (χ2v) is 4.71. The van der Waals surface area contributed by atoms with Crippen LogP contribution in [-0.2, 0) is 0 Å². The maximum atomic E-state index is 10.8. The predicted octanol–water partition coefficient (Wildman–Crippen LogP) is 3.71. The van der Waals surface area contributed by atoms with Gasteiger partial charge in [0.25, 0.3) is 5.69 Å². The zero-order valence-electron chi connectivity index (χ0n) is 11.0. The molecule has 0 spiro atoms. The highest BCUT2D eigenvalue weighted by Crippen LogP contribution is 2.33. The van der Waals surface area contributed by atoms with Gasteiger partial charge in [-0.15, -0.1) is 0 Å². The first-order valence-corrected chi connectivity index (χ1v) is 6.29. The van der Waals surface area contributed by atoms with E-state index in [1.807, 2.05) is 0 Å². The zero-order valence-corrected chi connectivity index (χ0v) is 11.7. The summed E-state index contributed by atoms with van der Waals surface area (Å²) in [5, 5.41) is 19.8. The van der Waals surface area contributed by atoms with Gasteiger partial charge in [-0.25, -0.2) is 4.79 Å². The van der Waals surface area contributed by atoms with Crippen LogP contribution in [0.15, 0.2) is 42.5 Å². The fourth-order valence-electron chi connectivity index (χ4n) is 1.85. The molecular formula is C14H11ClN2O4. The molecule has 0 saturated heterocycles. The Balaban J connectivity index is 2.33. The lowest BCUT2D eigenvalue weighted by atomic mass is 10.2. The number of nitro groups is 1. The van der Waals surface area contributed by atoms with Gasteiger partial charge in [0.2, 0.25) is 0 Å². The van der Waals surface area contributed by atoms with E-state index in [0.717, 1.165) is 5.69 Å². The number of carboxylic acid groups (broad SMARTS) is 1. The summed E-state index contributed by atoms with van der Waals surface area (Å²) in [5.41, 5.74) is 1.40. The molecular weight excluding hydrogens is 296 g/mol. The summed E-state index contributed by atoms with van der Waals surface area (Å²) in [6, 6.07) is 10.4. The van der Waals surface area contributed by atoms with Gasteiger partial charge in [-0.3, -0.25) is 10.1 Å². The van der Waals surface area contributed by atoms with Gasteiger partial charge in [-0.2, -0.15) is 0 Å². The van der Waals surface area contributed by atoms with Gasteiger partial charge >= 0.3 is 5.97 Å². The SMILES string of the molecule is CN(c1ccc(C(=O)O)cc1)c1ccc([N+](=O)[O-])cc1Cl. The lowest BCUT2D eigenvalue weighted by Gasteiger charge is -2.20. The van der Waals surface area contributed by atoms with Crippen molar-refractivity contribution in [1.82, 2.24) is 0 Å². The maximum Gasteiger partial charge on any atom is 0.335 e. The van der Waals surface area contributed by atoms with Gasteiger partial charge in [0.05, 0.1) is 21.2 Å². The number of nitrogens with zero attached hydrogens (tertiary/aromatic N) is 2. The van der Waals surface area contributed by atoms with E-state index in [1.54, 1.807) is 30.1 Å². The second kappa shape index (κ2) is 5.80. The Morgan fingerprint density at radius 1 is 1.24 bits per heavy atom. The predicted molar refractivity (Wildman–Crippen MR) is 79.6 cm³/mol. The Kier molecular flexibility index (Phi) is 4.09. The molecule has 0 heterocycles. The number of carbonyl (C=O) groups is 1. The third-order valence-electron chi connectivity index (χ3n) is 3.00. The summed E-state index contributed by atoms with van der Waals surface area (Å²) in [6.07, 6.45) is 0. The number of hydrogen-bond acceptors (Lipinski definition) is 4. The molecule has 0 aromatic heterocycles. The molecule has 6 nitrogen and oxygen atoms in total. The summed E-state index contributed by atoms with van der Waals surface area (Å²) < 4.78 is 0. The largest absolute Gasteiger partial charge is 0.478 e. The smallest absolute Gasteiger partial charge is 0.335 e. The van der Waals surface area contributed by atoms with Crippen LogP contribution in [-0.4, -0.2) is 23.0 Å². The quantitative estimate of drug-likeness (QED) is 0.687. The summed E-state index contributed by atoms with van der Waals surface area (Å²) >= 11 is 6.06. The van der Waals surface area contributed by atoms with E-state index in [2.05, 4.69) is 0 Å². The maximum absolute atomic E-state index is 10.8. The van der Waals surface area contributed by atoms with E-state index in [-0.39, 0.29) is 16.3 Å². The number of hydrogen-bond donors (Lipinski definition) is 1. The van der Waals surface area contributed by atoms with Crippen molar-refractivity contribution < 1.29 is 14.8 Å². The van der Waals surface area contributed by atoms with Crippen LogP contribution in [0.5, 0.6) is 0 Å². The number of carboxylic acids is 1. The topological polar surface area (TPSA) is 83.7 Å². The molecule has 0 amide bonds. The van der Waals surface area contributed by atoms with E-state index in [1.165, 1.54) is 24.3 Å². The molecule has 2 aromatic rings. The number of benzene rings is 2. The summed E-state index contributed by atoms with van der Waals surface area (Å²) in [4.78, 5) is 22.7. The van der Waals surface area contributed by atoms with Crippen molar-refractivity contribution in [3.05, 3.63) is 63.2 Å². The van der Waals surface area contributed by atoms with Crippen LogP contribution in [0.3, 0.4) is 0 Å². The zero-order chi connectivity index (χ0) is 15.6. The van der Waals surface area contributed by atoms with Gasteiger partial charge in [-0.05, 0) is 30.3 Å². The summed E-state index contributed by atoms with van der Waals surface area (Å²) in [5.74, 6) is -1.00. The van der Waals surface area contributed by atoms with Crippen molar-refractivity contribution in [3.63, 3.8) is 0 Å². The van der Waals surface area contributed by atoms with Crippen LogP contribution in [0.25, 0.3) is 0 Å². The second-order valence-electron chi connectivity index (χ2n) is 4.30. The monoisotopic (exact) mass is 306 g/mol.